The SMILES string of the molecule is CC1NCCC1C(=O)N1CCCCC1(C)C(=O)O. The number of nitrogens with one attached hydrogen (secondary N) is 1. The second-order valence-corrected chi connectivity index (χ2v) is 5.66. The molecular weight excluding hydrogens is 232 g/mol. The highest BCUT2D eigenvalue weighted by Gasteiger charge is 2.46. The quantitative estimate of drug-likeness (QED) is 0.766. The molecule has 2 rings (SSSR count). The zero-order chi connectivity index (χ0) is 13.3. The molecule has 102 valence electrons. The molecule has 5 nitrogen and oxygen atoms in total. The van der Waals surface area contributed by atoms with E-state index in [2.05, 4.69) is 5.32 Å². The van der Waals surface area contributed by atoms with E-state index < -0.39 is 11.5 Å². The smallest absolute Gasteiger partial charge is 0.329 e. The van der Waals surface area contributed by atoms with Gasteiger partial charge in [0.2, 0.25) is 5.91 Å². The minimum atomic E-state index is -1.02. The van der Waals surface area contributed by atoms with Crippen molar-refractivity contribution >= 4 is 11.9 Å². The first-order chi connectivity index (χ1) is 8.47. The van der Waals surface area contributed by atoms with E-state index in [1.54, 1.807) is 11.8 Å². The Morgan fingerprint density at radius 1 is 1.39 bits per heavy atom. The Morgan fingerprint density at radius 2 is 2.11 bits per heavy atom. The summed E-state index contributed by atoms with van der Waals surface area (Å²) in [6.07, 6.45) is 3.16. The molecule has 3 atom stereocenters. The van der Waals surface area contributed by atoms with Crippen molar-refractivity contribution in [3.8, 4) is 0 Å². The van der Waals surface area contributed by atoms with Gasteiger partial charge in [-0.15, -0.1) is 0 Å². The van der Waals surface area contributed by atoms with Gasteiger partial charge in [-0.1, -0.05) is 0 Å². The van der Waals surface area contributed by atoms with Crippen LogP contribution in [0.2, 0.25) is 0 Å². The Morgan fingerprint density at radius 3 is 2.67 bits per heavy atom. The van der Waals surface area contributed by atoms with Crippen molar-refractivity contribution in [2.24, 2.45) is 5.92 Å². The molecule has 0 radical (unpaired) electrons. The molecule has 1 amide bonds. The maximum Gasteiger partial charge on any atom is 0.329 e. The summed E-state index contributed by atoms with van der Waals surface area (Å²) < 4.78 is 0. The lowest BCUT2D eigenvalue weighted by Crippen LogP contribution is -2.59. The van der Waals surface area contributed by atoms with Gasteiger partial charge in [-0.3, -0.25) is 4.79 Å². The van der Waals surface area contributed by atoms with Gasteiger partial charge in [0, 0.05) is 12.6 Å². The van der Waals surface area contributed by atoms with Crippen LogP contribution in [0.4, 0.5) is 0 Å². The number of carbonyl (C=O) groups is 2. The van der Waals surface area contributed by atoms with Gasteiger partial charge < -0.3 is 15.3 Å². The molecule has 2 aliphatic heterocycles. The lowest BCUT2D eigenvalue weighted by Gasteiger charge is -2.43. The normalized spacial score (nSPS) is 36.7. The van der Waals surface area contributed by atoms with E-state index in [1.807, 2.05) is 6.92 Å². The Labute approximate surface area is 108 Å². The summed E-state index contributed by atoms with van der Waals surface area (Å²) in [5, 5.41) is 12.7. The van der Waals surface area contributed by atoms with Gasteiger partial charge in [0.25, 0.3) is 0 Å². The standard InChI is InChI=1S/C13H22N2O3/c1-9-10(5-7-14-9)11(16)15-8-4-3-6-13(15,2)12(17)18/h9-10,14H,3-8H2,1-2H3,(H,17,18). The van der Waals surface area contributed by atoms with Crippen LogP contribution in [0.1, 0.15) is 39.5 Å². The van der Waals surface area contributed by atoms with Crippen molar-refractivity contribution in [1.82, 2.24) is 10.2 Å². The molecule has 18 heavy (non-hydrogen) atoms. The van der Waals surface area contributed by atoms with Crippen LogP contribution < -0.4 is 5.32 Å². The van der Waals surface area contributed by atoms with E-state index in [0.29, 0.717) is 13.0 Å². The highest BCUT2D eigenvalue weighted by molar-refractivity contribution is 5.88. The second-order valence-electron chi connectivity index (χ2n) is 5.66. The first-order valence-corrected chi connectivity index (χ1v) is 6.75. The first-order valence-electron chi connectivity index (χ1n) is 6.75. The van der Waals surface area contributed by atoms with Gasteiger partial charge in [-0.25, -0.2) is 4.79 Å². The van der Waals surface area contributed by atoms with Gasteiger partial charge >= 0.3 is 5.97 Å². The number of amides is 1. The second kappa shape index (κ2) is 4.88. The zero-order valence-corrected chi connectivity index (χ0v) is 11.1. The van der Waals surface area contributed by atoms with Crippen molar-refractivity contribution in [2.45, 2.75) is 51.1 Å². The number of aliphatic carboxylic acids is 1. The van der Waals surface area contributed by atoms with Crippen LogP contribution >= 0.6 is 0 Å². The number of hydrogen-bond donors (Lipinski definition) is 2. The van der Waals surface area contributed by atoms with Crippen molar-refractivity contribution in [3.63, 3.8) is 0 Å². The number of hydrogen-bond acceptors (Lipinski definition) is 3. The first kappa shape index (κ1) is 13.3. The predicted octanol–water partition coefficient (Wildman–Crippen LogP) is 0.840. The summed E-state index contributed by atoms with van der Waals surface area (Å²) >= 11 is 0. The molecule has 2 fully saturated rings. The van der Waals surface area contributed by atoms with E-state index in [4.69, 9.17) is 0 Å². The molecule has 0 aromatic carbocycles. The van der Waals surface area contributed by atoms with Crippen LogP contribution in [0.5, 0.6) is 0 Å². The molecule has 0 aliphatic carbocycles. The third kappa shape index (κ3) is 2.11. The maximum absolute atomic E-state index is 12.6. The highest BCUT2D eigenvalue weighted by Crippen LogP contribution is 2.31. The number of nitrogens with zero attached hydrogens (tertiary/aromatic N) is 1. The average molecular weight is 254 g/mol. The van der Waals surface area contributed by atoms with Crippen LogP contribution in [0.3, 0.4) is 0 Å². The number of carboxylic acids is 1. The number of rotatable bonds is 2. The number of likely N-dealkylation sites (tertiary alicyclic amines) is 1. The Balaban J connectivity index is 2.18. The predicted molar refractivity (Wildman–Crippen MR) is 67.2 cm³/mol. The maximum atomic E-state index is 12.6. The molecule has 2 aliphatic rings. The number of carbonyl (C=O) groups excluding carboxylic acids is 1. The molecule has 0 spiro atoms. The number of piperidine rings is 1. The van der Waals surface area contributed by atoms with E-state index in [9.17, 15) is 14.7 Å². The summed E-state index contributed by atoms with van der Waals surface area (Å²) in [5.41, 5.74) is -1.02. The van der Waals surface area contributed by atoms with Crippen LogP contribution in [-0.2, 0) is 9.59 Å². The van der Waals surface area contributed by atoms with Gasteiger partial charge in [0.1, 0.15) is 5.54 Å². The molecule has 0 aromatic heterocycles. The molecule has 2 N–H and O–H groups in total. The van der Waals surface area contributed by atoms with Crippen LogP contribution in [0.25, 0.3) is 0 Å². The average Bonchev–Trinajstić information content (AvgIpc) is 2.75. The van der Waals surface area contributed by atoms with Crippen LogP contribution in [0.15, 0.2) is 0 Å². The third-order valence-electron chi connectivity index (χ3n) is 4.46. The van der Waals surface area contributed by atoms with E-state index in [1.165, 1.54) is 0 Å². The summed E-state index contributed by atoms with van der Waals surface area (Å²) in [6.45, 7) is 5.09. The fourth-order valence-electron chi connectivity index (χ4n) is 3.09. The topological polar surface area (TPSA) is 69.6 Å². The molecule has 3 unspecified atom stereocenters. The molecule has 0 bridgehead atoms. The van der Waals surface area contributed by atoms with Crippen molar-refractivity contribution in [2.75, 3.05) is 13.1 Å². The summed E-state index contributed by atoms with van der Waals surface area (Å²) in [5.74, 6) is -0.937. The monoisotopic (exact) mass is 254 g/mol. The summed E-state index contributed by atoms with van der Waals surface area (Å²) in [7, 11) is 0. The fraction of sp³-hybridized carbons (Fsp3) is 0.846. The molecule has 0 aromatic rings. The largest absolute Gasteiger partial charge is 0.480 e. The van der Waals surface area contributed by atoms with Gasteiger partial charge in [0.15, 0.2) is 0 Å². The van der Waals surface area contributed by atoms with Crippen LogP contribution in [-0.4, -0.2) is 46.6 Å². The van der Waals surface area contributed by atoms with Crippen molar-refractivity contribution < 1.29 is 14.7 Å². The number of carboxylic acid groups (broad SMARTS) is 1. The molecule has 2 saturated heterocycles. The molecule has 5 heteroatoms. The van der Waals surface area contributed by atoms with Crippen LogP contribution in [0, 0.1) is 5.92 Å². The fourth-order valence-corrected chi connectivity index (χ4v) is 3.09. The highest BCUT2D eigenvalue weighted by atomic mass is 16.4. The minimum Gasteiger partial charge on any atom is -0.480 e. The molecule has 2 heterocycles. The third-order valence-corrected chi connectivity index (χ3v) is 4.46. The molecular formula is C13H22N2O3. The summed E-state index contributed by atoms with van der Waals surface area (Å²) in [4.78, 5) is 25.6. The van der Waals surface area contributed by atoms with E-state index in [0.717, 1.165) is 25.8 Å². The van der Waals surface area contributed by atoms with E-state index in [-0.39, 0.29) is 17.9 Å². The lowest BCUT2D eigenvalue weighted by atomic mass is 9.86. The Hall–Kier alpha value is -1.10. The van der Waals surface area contributed by atoms with Gasteiger partial charge in [-0.05, 0) is 46.1 Å². The minimum absolute atomic E-state index is 0.0112. The lowest BCUT2D eigenvalue weighted by molar-refractivity contribution is -0.163. The van der Waals surface area contributed by atoms with E-state index >= 15 is 0 Å². The van der Waals surface area contributed by atoms with Crippen molar-refractivity contribution in [1.29, 1.82) is 0 Å². The Bertz CT molecular complexity index is 358. The zero-order valence-electron chi connectivity index (χ0n) is 11.1. The van der Waals surface area contributed by atoms with Gasteiger partial charge in [-0.2, -0.15) is 0 Å². The molecule has 0 saturated carbocycles. The van der Waals surface area contributed by atoms with Crippen molar-refractivity contribution in [3.05, 3.63) is 0 Å². The van der Waals surface area contributed by atoms with Gasteiger partial charge in [0.05, 0.1) is 5.92 Å². The Kier molecular flexibility index (Phi) is 3.61. The summed E-state index contributed by atoms with van der Waals surface area (Å²) in [6, 6.07) is 0.150.